The molecule has 3 nitrogen and oxygen atoms in total. The molecule has 2 rings (SSSR count). The minimum atomic E-state index is -1.08. The van der Waals surface area contributed by atoms with Crippen molar-refractivity contribution in [1.29, 1.82) is 0 Å². The first kappa shape index (κ1) is 13.5. The first-order valence-corrected chi connectivity index (χ1v) is 6.67. The topological polar surface area (TPSA) is 35.5 Å². The fourth-order valence-corrected chi connectivity index (χ4v) is 2.57. The lowest BCUT2D eigenvalue weighted by Gasteiger charge is -2.14. The highest BCUT2D eigenvalue weighted by molar-refractivity contribution is 9.09. The van der Waals surface area contributed by atoms with Crippen LogP contribution in [0.2, 0.25) is 0 Å². The standard InChI is InChI=1S/C13H14BrFO3/c1-8-10(18-12(14)11(8)15)7-17-13(16)9-5-3-2-4-6-9/h2-6,8,10-12H,7H2,1H3. The lowest BCUT2D eigenvalue weighted by Crippen LogP contribution is -2.25. The third-order valence-corrected chi connectivity index (χ3v) is 3.75. The van der Waals surface area contributed by atoms with Gasteiger partial charge in [-0.25, -0.2) is 9.18 Å². The Morgan fingerprint density at radius 3 is 2.67 bits per heavy atom. The average molecular weight is 317 g/mol. The van der Waals surface area contributed by atoms with Crippen molar-refractivity contribution in [1.82, 2.24) is 0 Å². The summed E-state index contributed by atoms with van der Waals surface area (Å²) in [7, 11) is 0. The van der Waals surface area contributed by atoms with E-state index in [9.17, 15) is 9.18 Å². The summed E-state index contributed by atoms with van der Waals surface area (Å²) in [4.78, 5) is 11.7. The number of carbonyl (C=O) groups excluding carboxylic acids is 1. The molecular weight excluding hydrogens is 303 g/mol. The van der Waals surface area contributed by atoms with Crippen LogP contribution >= 0.6 is 15.9 Å². The van der Waals surface area contributed by atoms with Crippen LogP contribution in [-0.2, 0) is 9.47 Å². The van der Waals surface area contributed by atoms with Crippen LogP contribution in [0.1, 0.15) is 17.3 Å². The SMILES string of the molecule is CC1C(COC(=O)c2ccccc2)OC(Br)C1F. The Hall–Kier alpha value is -0.940. The van der Waals surface area contributed by atoms with E-state index in [4.69, 9.17) is 9.47 Å². The van der Waals surface area contributed by atoms with Crippen molar-refractivity contribution in [2.45, 2.75) is 24.2 Å². The van der Waals surface area contributed by atoms with Crippen molar-refractivity contribution in [3.8, 4) is 0 Å². The predicted molar refractivity (Wildman–Crippen MR) is 68.4 cm³/mol. The molecule has 1 aliphatic rings. The van der Waals surface area contributed by atoms with Crippen molar-refractivity contribution < 1.29 is 18.7 Å². The number of alkyl halides is 2. The molecule has 1 aromatic carbocycles. The van der Waals surface area contributed by atoms with Gasteiger partial charge in [-0.15, -0.1) is 0 Å². The molecule has 98 valence electrons. The Kier molecular flexibility index (Phi) is 4.35. The third kappa shape index (κ3) is 2.90. The molecule has 18 heavy (non-hydrogen) atoms. The molecule has 0 spiro atoms. The second-order valence-corrected chi connectivity index (χ2v) is 5.20. The van der Waals surface area contributed by atoms with E-state index in [0.29, 0.717) is 5.56 Å². The number of carbonyl (C=O) groups is 1. The van der Waals surface area contributed by atoms with E-state index in [1.807, 2.05) is 6.07 Å². The number of esters is 1. The minimum absolute atomic E-state index is 0.0669. The zero-order valence-corrected chi connectivity index (χ0v) is 11.5. The van der Waals surface area contributed by atoms with E-state index in [1.54, 1.807) is 31.2 Å². The van der Waals surface area contributed by atoms with Crippen molar-refractivity contribution in [2.24, 2.45) is 5.92 Å². The maximum Gasteiger partial charge on any atom is 0.338 e. The highest BCUT2D eigenvalue weighted by Crippen LogP contribution is 2.32. The van der Waals surface area contributed by atoms with E-state index in [1.165, 1.54) is 0 Å². The molecule has 1 fully saturated rings. The Balaban J connectivity index is 1.88. The van der Waals surface area contributed by atoms with Crippen LogP contribution in [0.5, 0.6) is 0 Å². The summed E-state index contributed by atoms with van der Waals surface area (Å²) in [5.74, 6) is -0.710. The molecule has 0 amide bonds. The van der Waals surface area contributed by atoms with Crippen LogP contribution in [0.25, 0.3) is 0 Å². The number of ether oxygens (including phenoxy) is 2. The molecule has 0 aromatic heterocycles. The summed E-state index contributed by atoms with van der Waals surface area (Å²) in [5, 5.41) is -0.618. The van der Waals surface area contributed by atoms with Gasteiger partial charge in [0.05, 0.1) is 11.7 Å². The Morgan fingerprint density at radius 1 is 1.44 bits per heavy atom. The number of benzene rings is 1. The second kappa shape index (κ2) is 5.80. The van der Waals surface area contributed by atoms with E-state index in [2.05, 4.69) is 15.9 Å². The summed E-state index contributed by atoms with van der Waals surface area (Å²) in [6, 6.07) is 8.69. The van der Waals surface area contributed by atoms with Gasteiger partial charge in [-0.2, -0.15) is 0 Å². The quantitative estimate of drug-likeness (QED) is 0.635. The Labute approximate surface area is 113 Å². The normalized spacial score (nSPS) is 31.3. The molecule has 5 heteroatoms. The fourth-order valence-electron chi connectivity index (χ4n) is 1.82. The first-order valence-electron chi connectivity index (χ1n) is 5.75. The number of halogens is 2. The smallest absolute Gasteiger partial charge is 0.338 e. The zero-order valence-electron chi connectivity index (χ0n) is 9.88. The fraction of sp³-hybridized carbons (Fsp3) is 0.462. The van der Waals surface area contributed by atoms with Crippen LogP contribution in [0.4, 0.5) is 4.39 Å². The van der Waals surface area contributed by atoms with Crippen molar-refractivity contribution in [3.05, 3.63) is 35.9 Å². The van der Waals surface area contributed by atoms with E-state index >= 15 is 0 Å². The molecule has 1 aliphatic heterocycles. The largest absolute Gasteiger partial charge is 0.459 e. The summed E-state index contributed by atoms with van der Waals surface area (Å²) >= 11 is 3.10. The molecule has 1 saturated heterocycles. The van der Waals surface area contributed by atoms with Gasteiger partial charge in [-0.1, -0.05) is 41.1 Å². The van der Waals surface area contributed by atoms with Crippen molar-refractivity contribution >= 4 is 21.9 Å². The molecule has 0 N–H and O–H groups in total. The van der Waals surface area contributed by atoms with Gasteiger partial charge in [-0.05, 0) is 12.1 Å². The maximum atomic E-state index is 13.5. The maximum absolute atomic E-state index is 13.5. The highest BCUT2D eigenvalue weighted by atomic mass is 79.9. The van der Waals surface area contributed by atoms with Gasteiger partial charge in [0, 0.05) is 5.92 Å². The second-order valence-electron chi connectivity index (χ2n) is 4.29. The predicted octanol–water partition coefficient (Wildman–Crippen LogP) is 2.94. The van der Waals surface area contributed by atoms with Gasteiger partial charge in [0.25, 0.3) is 0 Å². The molecule has 0 radical (unpaired) electrons. The average Bonchev–Trinajstić information content (AvgIpc) is 2.64. The van der Waals surface area contributed by atoms with Crippen LogP contribution in [-0.4, -0.2) is 29.9 Å². The van der Waals surface area contributed by atoms with Crippen molar-refractivity contribution in [2.75, 3.05) is 6.61 Å². The van der Waals surface area contributed by atoms with E-state index < -0.39 is 23.3 Å². The lowest BCUT2D eigenvalue weighted by molar-refractivity contribution is 0.00342. The summed E-state index contributed by atoms with van der Waals surface area (Å²) in [5.41, 5.74) is 0.482. The lowest BCUT2D eigenvalue weighted by atomic mass is 10.0. The molecule has 0 bridgehead atoms. The molecule has 1 aromatic rings. The van der Waals surface area contributed by atoms with Crippen LogP contribution in [0.15, 0.2) is 30.3 Å². The summed E-state index contributed by atoms with van der Waals surface area (Å²) in [6.45, 7) is 1.81. The molecule has 1 heterocycles. The van der Waals surface area contributed by atoms with Crippen LogP contribution < -0.4 is 0 Å². The molecule has 0 saturated carbocycles. The third-order valence-electron chi connectivity index (χ3n) is 3.03. The van der Waals surface area contributed by atoms with Crippen molar-refractivity contribution in [3.63, 3.8) is 0 Å². The summed E-state index contributed by atoms with van der Waals surface area (Å²) in [6.07, 6.45) is -1.48. The Bertz CT molecular complexity index is 412. The van der Waals surface area contributed by atoms with Crippen LogP contribution in [0, 0.1) is 5.92 Å². The minimum Gasteiger partial charge on any atom is -0.459 e. The number of hydrogen-bond donors (Lipinski definition) is 0. The van der Waals surface area contributed by atoms with Crippen LogP contribution in [0.3, 0.4) is 0 Å². The zero-order chi connectivity index (χ0) is 13.1. The van der Waals surface area contributed by atoms with Gasteiger partial charge in [0.15, 0.2) is 0 Å². The van der Waals surface area contributed by atoms with E-state index in [-0.39, 0.29) is 12.5 Å². The molecule has 0 aliphatic carbocycles. The van der Waals surface area contributed by atoms with Gasteiger partial charge in [0.2, 0.25) is 0 Å². The van der Waals surface area contributed by atoms with E-state index in [0.717, 1.165) is 0 Å². The number of rotatable bonds is 3. The first-order chi connectivity index (χ1) is 8.59. The summed E-state index contributed by atoms with van der Waals surface area (Å²) < 4.78 is 24.0. The van der Waals surface area contributed by atoms with Gasteiger partial charge in [-0.3, -0.25) is 0 Å². The van der Waals surface area contributed by atoms with Gasteiger partial charge >= 0.3 is 5.97 Å². The van der Waals surface area contributed by atoms with Gasteiger partial charge in [0.1, 0.15) is 17.8 Å². The number of hydrogen-bond acceptors (Lipinski definition) is 3. The molecule has 4 atom stereocenters. The Morgan fingerprint density at radius 2 is 2.11 bits per heavy atom. The molecular formula is C13H14BrFO3. The highest BCUT2D eigenvalue weighted by Gasteiger charge is 2.41. The monoisotopic (exact) mass is 316 g/mol. The van der Waals surface area contributed by atoms with Gasteiger partial charge < -0.3 is 9.47 Å². The molecule has 4 unspecified atom stereocenters.